The molecule has 0 aliphatic heterocycles. The Hall–Kier alpha value is -2.67. The molecule has 2 aromatic rings. The molecule has 25 heavy (non-hydrogen) atoms. The molecule has 0 saturated heterocycles. The Bertz CT molecular complexity index is 826. The minimum atomic E-state index is -3.61. The average molecular weight is 362 g/mol. The largest absolute Gasteiger partial charge is 0.497 e. The van der Waals surface area contributed by atoms with Crippen molar-refractivity contribution in [1.82, 2.24) is 0 Å². The molecule has 132 valence electrons. The summed E-state index contributed by atoms with van der Waals surface area (Å²) in [6.45, 7) is -0.411. The Balaban J connectivity index is 1.85. The summed E-state index contributed by atoms with van der Waals surface area (Å²) in [5, 5.41) is 0. The summed E-state index contributed by atoms with van der Waals surface area (Å²) in [6, 6.07) is 14.3. The molecule has 0 saturated carbocycles. The van der Waals surface area contributed by atoms with Gasteiger partial charge in [0.15, 0.2) is 22.2 Å². The Labute approximate surface area is 146 Å². The maximum absolute atomic E-state index is 12.2. The van der Waals surface area contributed by atoms with E-state index in [1.165, 1.54) is 31.4 Å². The number of carbonyl (C=O) groups excluding carboxylic acids is 2. The van der Waals surface area contributed by atoms with Crippen molar-refractivity contribution in [2.45, 2.75) is 11.3 Å². The third-order valence-electron chi connectivity index (χ3n) is 3.45. The van der Waals surface area contributed by atoms with Gasteiger partial charge in [0, 0.05) is 5.56 Å². The lowest BCUT2D eigenvalue weighted by Gasteiger charge is -2.06. The standard InChI is InChI=1S/C18H18O6S/c1-23-15-7-9-16(10-8-15)25(21,22)12-11-18(20)24-13-17(19)14-5-3-2-4-6-14/h2-10H,11-13H2,1H3. The molecule has 0 unspecified atom stereocenters. The quantitative estimate of drug-likeness (QED) is 0.529. The van der Waals surface area contributed by atoms with E-state index >= 15 is 0 Å². The summed E-state index contributed by atoms with van der Waals surface area (Å²) >= 11 is 0. The molecule has 0 fully saturated rings. The number of carbonyl (C=O) groups is 2. The molecule has 0 spiro atoms. The van der Waals surface area contributed by atoms with Gasteiger partial charge < -0.3 is 9.47 Å². The number of benzene rings is 2. The smallest absolute Gasteiger partial charge is 0.307 e. The van der Waals surface area contributed by atoms with Crippen LogP contribution in [0.15, 0.2) is 59.5 Å². The van der Waals surface area contributed by atoms with E-state index in [4.69, 9.17) is 9.47 Å². The van der Waals surface area contributed by atoms with E-state index in [0.717, 1.165) is 0 Å². The summed E-state index contributed by atoms with van der Waals surface area (Å²) in [6.07, 6.45) is -0.323. The molecule has 0 bridgehead atoms. The first-order valence-electron chi connectivity index (χ1n) is 7.53. The molecule has 0 N–H and O–H groups in total. The number of Topliss-reactive ketones (excluding diaryl/α,β-unsaturated/α-hetero) is 1. The van der Waals surface area contributed by atoms with Crippen LogP contribution in [0.25, 0.3) is 0 Å². The molecule has 2 aromatic carbocycles. The normalized spacial score (nSPS) is 10.9. The van der Waals surface area contributed by atoms with Crippen LogP contribution in [0.3, 0.4) is 0 Å². The van der Waals surface area contributed by atoms with Gasteiger partial charge in [0.25, 0.3) is 0 Å². The number of hydrogen-bond donors (Lipinski definition) is 0. The maximum atomic E-state index is 12.2. The topological polar surface area (TPSA) is 86.7 Å². The molecule has 0 heterocycles. The van der Waals surface area contributed by atoms with Crippen LogP contribution in [0.2, 0.25) is 0 Å². The predicted molar refractivity (Wildman–Crippen MR) is 91.4 cm³/mol. The van der Waals surface area contributed by atoms with Gasteiger partial charge in [-0.05, 0) is 24.3 Å². The molecule has 0 aliphatic carbocycles. The van der Waals surface area contributed by atoms with Crippen molar-refractivity contribution in [1.29, 1.82) is 0 Å². The average Bonchev–Trinajstić information content (AvgIpc) is 2.65. The van der Waals surface area contributed by atoms with Gasteiger partial charge in [0.05, 0.1) is 24.2 Å². The van der Waals surface area contributed by atoms with Crippen LogP contribution >= 0.6 is 0 Å². The van der Waals surface area contributed by atoms with E-state index in [0.29, 0.717) is 11.3 Å². The van der Waals surface area contributed by atoms with Gasteiger partial charge >= 0.3 is 5.97 Å². The number of esters is 1. The number of rotatable bonds is 8. The first-order valence-corrected chi connectivity index (χ1v) is 9.18. The van der Waals surface area contributed by atoms with Crippen molar-refractivity contribution >= 4 is 21.6 Å². The second kappa shape index (κ2) is 8.43. The summed E-state index contributed by atoms with van der Waals surface area (Å²) < 4.78 is 34.2. The number of hydrogen-bond acceptors (Lipinski definition) is 6. The van der Waals surface area contributed by atoms with E-state index in [1.807, 2.05) is 0 Å². The molecule has 2 rings (SSSR count). The Morgan fingerprint density at radius 3 is 2.20 bits per heavy atom. The fourth-order valence-corrected chi connectivity index (χ4v) is 3.27. The third-order valence-corrected chi connectivity index (χ3v) is 5.19. The molecule has 0 amide bonds. The fraction of sp³-hybridized carbons (Fsp3) is 0.222. The third kappa shape index (κ3) is 5.42. The Kier molecular flexibility index (Phi) is 6.30. The molecular formula is C18H18O6S. The monoisotopic (exact) mass is 362 g/mol. The minimum absolute atomic E-state index is 0.0986. The maximum Gasteiger partial charge on any atom is 0.307 e. The predicted octanol–water partition coefficient (Wildman–Crippen LogP) is 2.29. The van der Waals surface area contributed by atoms with Crippen LogP contribution in [0, 0.1) is 0 Å². The number of sulfone groups is 1. The molecule has 6 nitrogen and oxygen atoms in total. The summed E-state index contributed by atoms with van der Waals surface area (Å²) in [7, 11) is -2.13. The van der Waals surface area contributed by atoms with Gasteiger partial charge in [-0.2, -0.15) is 0 Å². The van der Waals surface area contributed by atoms with Crippen LogP contribution in [-0.4, -0.2) is 39.6 Å². The van der Waals surface area contributed by atoms with Crippen molar-refractivity contribution in [2.75, 3.05) is 19.5 Å². The first kappa shape index (κ1) is 18.7. The molecule has 0 aromatic heterocycles. The highest BCUT2D eigenvalue weighted by molar-refractivity contribution is 7.91. The van der Waals surface area contributed by atoms with E-state index in [-0.39, 0.29) is 17.1 Å². The van der Waals surface area contributed by atoms with Gasteiger partial charge in [-0.15, -0.1) is 0 Å². The Morgan fingerprint density at radius 2 is 1.60 bits per heavy atom. The van der Waals surface area contributed by atoms with Crippen molar-refractivity contribution in [2.24, 2.45) is 0 Å². The van der Waals surface area contributed by atoms with Gasteiger partial charge in [-0.1, -0.05) is 30.3 Å². The molecular weight excluding hydrogens is 344 g/mol. The summed E-state index contributed by atoms with van der Waals surface area (Å²) in [5.41, 5.74) is 0.432. The van der Waals surface area contributed by atoms with E-state index in [2.05, 4.69) is 0 Å². The zero-order valence-corrected chi connectivity index (χ0v) is 14.5. The van der Waals surface area contributed by atoms with E-state index in [1.54, 1.807) is 30.3 Å². The van der Waals surface area contributed by atoms with Crippen molar-refractivity contribution in [3.8, 4) is 5.75 Å². The van der Waals surface area contributed by atoms with Crippen LogP contribution < -0.4 is 4.74 Å². The van der Waals surface area contributed by atoms with Crippen molar-refractivity contribution in [3.05, 3.63) is 60.2 Å². The SMILES string of the molecule is COc1ccc(S(=O)(=O)CCC(=O)OCC(=O)c2ccccc2)cc1. The van der Waals surface area contributed by atoms with E-state index in [9.17, 15) is 18.0 Å². The molecule has 0 aliphatic rings. The summed E-state index contributed by atoms with van der Waals surface area (Å²) in [4.78, 5) is 23.6. The van der Waals surface area contributed by atoms with Crippen molar-refractivity contribution < 1.29 is 27.5 Å². The highest BCUT2D eigenvalue weighted by Gasteiger charge is 2.18. The van der Waals surface area contributed by atoms with Gasteiger partial charge in [-0.3, -0.25) is 9.59 Å². The van der Waals surface area contributed by atoms with Gasteiger partial charge in [0.1, 0.15) is 5.75 Å². The summed E-state index contributed by atoms with van der Waals surface area (Å²) in [5.74, 6) is -0.927. The lowest BCUT2D eigenvalue weighted by atomic mass is 10.1. The number of methoxy groups -OCH3 is 1. The Morgan fingerprint density at radius 1 is 0.960 bits per heavy atom. The second-order valence-corrected chi connectivity index (χ2v) is 7.30. The second-order valence-electron chi connectivity index (χ2n) is 5.19. The molecule has 0 radical (unpaired) electrons. The number of ketones is 1. The van der Waals surface area contributed by atoms with Gasteiger partial charge in [-0.25, -0.2) is 8.42 Å². The van der Waals surface area contributed by atoms with Gasteiger partial charge in [0.2, 0.25) is 0 Å². The molecule has 0 atom stereocenters. The fourth-order valence-electron chi connectivity index (χ4n) is 2.04. The number of ether oxygens (including phenoxy) is 2. The van der Waals surface area contributed by atoms with Crippen LogP contribution in [0.1, 0.15) is 16.8 Å². The van der Waals surface area contributed by atoms with Crippen LogP contribution in [0.4, 0.5) is 0 Å². The lowest BCUT2D eigenvalue weighted by molar-refractivity contribution is -0.142. The zero-order chi connectivity index (χ0) is 18.3. The molecule has 7 heteroatoms. The highest BCUT2D eigenvalue weighted by Crippen LogP contribution is 2.17. The minimum Gasteiger partial charge on any atom is -0.497 e. The van der Waals surface area contributed by atoms with Crippen LogP contribution in [0.5, 0.6) is 5.75 Å². The highest BCUT2D eigenvalue weighted by atomic mass is 32.2. The van der Waals surface area contributed by atoms with E-state index < -0.39 is 28.2 Å². The lowest BCUT2D eigenvalue weighted by Crippen LogP contribution is -2.17. The zero-order valence-electron chi connectivity index (χ0n) is 13.7. The van der Waals surface area contributed by atoms with Crippen molar-refractivity contribution in [3.63, 3.8) is 0 Å². The van der Waals surface area contributed by atoms with Crippen LogP contribution in [-0.2, 0) is 19.4 Å². The first-order chi connectivity index (χ1) is 11.9.